The van der Waals surface area contributed by atoms with Gasteiger partial charge in [-0.25, -0.2) is 4.39 Å². The van der Waals surface area contributed by atoms with Gasteiger partial charge < -0.3 is 10.4 Å². The largest absolute Gasteiger partial charge is 0.388 e. The molecule has 0 aliphatic heterocycles. The maximum atomic E-state index is 13.8. The summed E-state index contributed by atoms with van der Waals surface area (Å²) in [5.41, 5.74) is 3.56. The lowest BCUT2D eigenvalue weighted by atomic mass is 9.81. The van der Waals surface area contributed by atoms with Gasteiger partial charge in [0, 0.05) is 39.8 Å². The van der Waals surface area contributed by atoms with Crippen LogP contribution in [0.3, 0.4) is 0 Å². The molecule has 9 heteroatoms. The molecule has 0 bridgehead atoms. The van der Waals surface area contributed by atoms with E-state index in [-0.39, 0.29) is 24.3 Å². The summed E-state index contributed by atoms with van der Waals surface area (Å²) < 4.78 is 15.4. The number of H-pyrrole nitrogens is 1. The lowest BCUT2D eigenvalue weighted by Gasteiger charge is -2.37. The number of nitrogens with one attached hydrogen (secondary N) is 2. The first-order chi connectivity index (χ1) is 17.9. The number of nitrogens with zero attached hydrogens (tertiary/aromatic N) is 4. The maximum absolute atomic E-state index is 13.8. The summed E-state index contributed by atoms with van der Waals surface area (Å²) in [5, 5.41) is 28.0. The molecule has 1 aliphatic rings. The number of aryl methyl sites for hydroxylation is 1. The third-order valence-electron chi connectivity index (χ3n) is 7.20. The average molecular weight is 499 g/mol. The van der Waals surface area contributed by atoms with Crippen molar-refractivity contribution in [1.29, 1.82) is 0 Å². The average Bonchev–Trinajstić information content (AvgIpc) is 3.47. The van der Waals surface area contributed by atoms with E-state index in [1.54, 1.807) is 29.2 Å². The van der Waals surface area contributed by atoms with Gasteiger partial charge in [0.2, 0.25) is 0 Å². The lowest BCUT2D eigenvalue weighted by Crippen LogP contribution is -2.47. The Balaban J connectivity index is 1.20. The smallest absolute Gasteiger partial charge is 0.251 e. The number of aliphatic hydroxyl groups is 1. The van der Waals surface area contributed by atoms with E-state index in [2.05, 4.69) is 25.6 Å². The van der Waals surface area contributed by atoms with E-state index in [1.165, 1.54) is 12.1 Å². The van der Waals surface area contributed by atoms with Gasteiger partial charge in [-0.05, 0) is 81.1 Å². The molecule has 2 unspecified atom stereocenters. The first-order valence-corrected chi connectivity index (χ1v) is 12.4. The molecule has 188 valence electrons. The summed E-state index contributed by atoms with van der Waals surface area (Å²) >= 11 is 0. The third kappa shape index (κ3) is 4.58. The number of carbonyl (C=O) groups is 1. The van der Waals surface area contributed by atoms with E-state index in [4.69, 9.17) is 0 Å². The van der Waals surface area contributed by atoms with Crippen molar-refractivity contribution < 1.29 is 14.3 Å². The molecule has 1 saturated carbocycles. The summed E-state index contributed by atoms with van der Waals surface area (Å²) in [6.07, 6.45) is 5.94. The summed E-state index contributed by atoms with van der Waals surface area (Å²) in [7, 11) is 0. The highest BCUT2D eigenvalue weighted by molar-refractivity contribution is 6.01. The number of halogens is 1. The Morgan fingerprint density at radius 3 is 3.00 bits per heavy atom. The van der Waals surface area contributed by atoms with Crippen LogP contribution in [0.2, 0.25) is 0 Å². The predicted octanol–water partition coefficient (Wildman–Crippen LogP) is 4.53. The molecule has 1 fully saturated rings. The van der Waals surface area contributed by atoms with E-state index in [0.717, 1.165) is 46.1 Å². The Bertz CT molecular complexity index is 1630. The summed E-state index contributed by atoms with van der Waals surface area (Å²) in [6.45, 7) is 2.16. The zero-order valence-electron chi connectivity index (χ0n) is 20.4. The Morgan fingerprint density at radius 2 is 2.14 bits per heavy atom. The van der Waals surface area contributed by atoms with Crippen molar-refractivity contribution in [2.75, 3.05) is 0 Å². The van der Waals surface area contributed by atoms with Crippen molar-refractivity contribution >= 4 is 27.7 Å². The molecular weight excluding hydrogens is 471 g/mol. The van der Waals surface area contributed by atoms with Crippen LogP contribution in [-0.2, 0) is 6.54 Å². The van der Waals surface area contributed by atoms with Gasteiger partial charge in [0.1, 0.15) is 11.5 Å². The monoisotopic (exact) mass is 498 g/mol. The van der Waals surface area contributed by atoms with Crippen LogP contribution >= 0.6 is 0 Å². The molecule has 3 N–H and O–H groups in total. The number of aromatic amines is 1. The van der Waals surface area contributed by atoms with Crippen LogP contribution in [0.1, 0.15) is 41.7 Å². The standard InChI is InChI=1S/C28H27FN6O2/c1-17-11-18(8-10-30-17)26-23-12-19(5-7-24(23)33-34-26)27(36)32-22-3-2-9-28(37,14-22)16-35-25-13-21(29)6-4-20(25)15-31-35/h4-8,10-13,15,22,37H,2-3,9,14,16H2,1H3,(H,32,36)(H,33,34). The molecular formula is C28H27FN6O2. The Kier molecular flexibility index (Phi) is 5.72. The van der Waals surface area contributed by atoms with Gasteiger partial charge in [-0.3, -0.25) is 19.6 Å². The second kappa shape index (κ2) is 9.08. The first kappa shape index (κ1) is 23.3. The number of fused-ring (bicyclic) bond motifs is 2. The van der Waals surface area contributed by atoms with Crippen molar-refractivity contribution in [1.82, 2.24) is 30.3 Å². The van der Waals surface area contributed by atoms with E-state index in [9.17, 15) is 14.3 Å². The molecule has 0 radical (unpaired) electrons. The van der Waals surface area contributed by atoms with Gasteiger partial charge >= 0.3 is 0 Å². The molecule has 0 saturated heterocycles. The molecule has 0 spiro atoms. The number of rotatable bonds is 5. The molecule has 3 heterocycles. The molecule has 1 aliphatic carbocycles. The topological polar surface area (TPSA) is 109 Å². The molecule has 5 aromatic rings. The van der Waals surface area contributed by atoms with Gasteiger partial charge in [0.15, 0.2) is 0 Å². The van der Waals surface area contributed by atoms with Gasteiger partial charge in [-0.2, -0.15) is 10.2 Å². The fraction of sp³-hybridized carbons (Fsp3) is 0.286. The number of aromatic nitrogens is 5. The molecule has 2 aromatic carbocycles. The van der Waals surface area contributed by atoms with Crippen LogP contribution in [0.25, 0.3) is 33.1 Å². The van der Waals surface area contributed by atoms with E-state index < -0.39 is 5.60 Å². The highest BCUT2D eigenvalue weighted by Gasteiger charge is 2.36. The molecule has 8 nitrogen and oxygen atoms in total. The van der Waals surface area contributed by atoms with Crippen LogP contribution in [-0.4, -0.2) is 47.6 Å². The number of carbonyl (C=O) groups excluding carboxylic acids is 1. The van der Waals surface area contributed by atoms with Crippen LogP contribution in [0, 0.1) is 12.7 Å². The van der Waals surface area contributed by atoms with Gasteiger partial charge in [-0.15, -0.1) is 0 Å². The second-order valence-electron chi connectivity index (χ2n) is 10.0. The van der Waals surface area contributed by atoms with Crippen LogP contribution in [0.4, 0.5) is 4.39 Å². The quantitative estimate of drug-likeness (QED) is 0.330. The van der Waals surface area contributed by atoms with Crippen molar-refractivity contribution in [2.45, 2.75) is 50.8 Å². The molecule has 37 heavy (non-hydrogen) atoms. The zero-order chi connectivity index (χ0) is 25.6. The third-order valence-corrected chi connectivity index (χ3v) is 7.20. The van der Waals surface area contributed by atoms with Crippen LogP contribution in [0.5, 0.6) is 0 Å². The minimum absolute atomic E-state index is 0.188. The van der Waals surface area contributed by atoms with E-state index in [1.807, 2.05) is 31.2 Å². The molecule has 1 amide bonds. The van der Waals surface area contributed by atoms with Crippen molar-refractivity contribution in [3.05, 3.63) is 78.0 Å². The summed E-state index contributed by atoms with van der Waals surface area (Å²) in [4.78, 5) is 17.5. The molecule has 2 atom stereocenters. The summed E-state index contributed by atoms with van der Waals surface area (Å²) in [5.74, 6) is -0.535. The highest BCUT2D eigenvalue weighted by Crippen LogP contribution is 2.32. The van der Waals surface area contributed by atoms with Crippen molar-refractivity contribution in [3.8, 4) is 11.3 Å². The predicted molar refractivity (Wildman–Crippen MR) is 138 cm³/mol. The highest BCUT2D eigenvalue weighted by atomic mass is 19.1. The second-order valence-corrected chi connectivity index (χ2v) is 10.0. The van der Waals surface area contributed by atoms with Crippen LogP contribution < -0.4 is 5.32 Å². The van der Waals surface area contributed by atoms with Gasteiger partial charge in [0.05, 0.1) is 29.4 Å². The van der Waals surface area contributed by atoms with Gasteiger partial charge in [-0.1, -0.05) is 0 Å². The molecule has 6 rings (SSSR count). The SMILES string of the molecule is Cc1cc(-c2n[nH]c3ccc(C(=O)NC4CCCC(O)(Cn5ncc6ccc(F)cc65)C4)cc23)ccn1. The Labute approximate surface area is 212 Å². The van der Waals surface area contributed by atoms with E-state index in [0.29, 0.717) is 23.9 Å². The van der Waals surface area contributed by atoms with Crippen molar-refractivity contribution in [3.63, 3.8) is 0 Å². The van der Waals surface area contributed by atoms with Gasteiger partial charge in [0.25, 0.3) is 5.91 Å². The summed E-state index contributed by atoms with van der Waals surface area (Å²) in [6, 6.07) is 13.7. The number of hydrogen-bond acceptors (Lipinski definition) is 5. The van der Waals surface area contributed by atoms with E-state index >= 15 is 0 Å². The normalized spacial score (nSPS) is 19.9. The lowest BCUT2D eigenvalue weighted by molar-refractivity contribution is -0.0227. The minimum atomic E-state index is -1.05. The van der Waals surface area contributed by atoms with Crippen molar-refractivity contribution in [2.24, 2.45) is 0 Å². The number of amides is 1. The minimum Gasteiger partial charge on any atom is -0.388 e. The van der Waals surface area contributed by atoms with Crippen LogP contribution in [0.15, 0.2) is 60.9 Å². The first-order valence-electron chi connectivity index (χ1n) is 12.4. The Hall–Kier alpha value is -4.11. The number of benzene rings is 2. The number of pyridine rings is 1. The zero-order valence-corrected chi connectivity index (χ0v) is 20.4. The molecule has 3 aromatic heterocycles. The number of hydrogen-bond donors (Lipinski definition) is 3. The fourth-order valence-corrected chi connectivity index (χ4v) is 5.39. The Morgan fingerprint density at radius 1 is 1.24 bits per heavy atom. The fourth-order valence-electron chi connectivity index (χ4n) is 5.39. The maximum Gasteiger partial charge on any atom is 0.251 e.